The number of rotatable bonds is 10. The van der Waals surface area contributed by atoms with Crippen LogP contribution in [0.5, 0.6) is 11.5 Å². The summed E-state index contributed by atoms with van der Waals surface area (Å²) in [6, 6.07) is 6.62. The number of benzene rings is 1. The average molecular weight is 453 g/mol. The van der Waals surface area contributed by atoms with Gasteiger partial charge in [0.05, 0.1) is 19.8 Å². The molecular formula is C23H36N2O7. The van der Waals surface area contributed by atoms with Crippen LogP contribution in [0.2, 0.25) is 0 Å². The summed E-state index contributed by atoms with van der Waals surface area (Å²) in [4.78, 5) is 26.5. The molecule has 1 amide bonds. The van der Waals surface area contributed by atoms with E-state index in [2.05, 4.69) is 0 Å². The van der Waals surface area contributed by atoms with E-state index in [1.807, 2.05) is 45.0 Å². The third-order valence-electron chi connectivity index (χ3n) is 4.95. The van der Waals surface area contributed by atoms with Crippen LogP contribution in [0, 0.1) is 11.8 Å². The third kappa shape index (κ3) is 7.56. The van der Waals surface area contributed by atoms with E-state index < -0.39 is 24.4 Å². The Morgan fingerprint density at radius 3 is 2.34 bits per heavy atom. The van der Waals surface area contributed by atoms with Crippen molar-refractivity contribution >= 4 is 12.1 Å². The van der Waals surface area contributed by atoms with Crippen molar-refractivity contribution in [1.82, 2.24) is 4.90 Å². The van der Waals surface area contributed by atoms with Gasteiger partial charge in [0, 0.05) is 12.5 Å². The molecule has 1 aliphatic rings. The molecule has 2 rings (SSSR count). The predicted octanol–water partition coefficient (Wildman–Crippen LogP) is 2.81. The normalized spacial score (nSPS) is 18.2. The van der Waals surface area contributed by atoms with Gasteiger partial charge in [-0.3, -0.25) is 4.79 Å². The molecule has 1 unspecified atom stereocenters. The van der Waals surface area contributed by atoms with E-state index in [9.17, 15) is 9.59 Å². The maximum atomic E-state index is 12.7. The molecule has 0 spiro atoms. The summed E-state index contributed by atoms with van der Waals surface area (Å²) >= 11 is 0. The Morgan fingerprint density at radius 1 is 1.09 bits per heavy atom. The second-order valence-corrected chi connectivity index (χ2v) is 8.33. The summed E-state index contributed by atoms with van der Waals surface area (Å²) in [6.45, 7) is 11.0. The molecule has 0 aliphatic carbocycles. The van der Waals surface area contributed by atoms with Gasteiger partial charge < -0.3 is 34.3 Å². The van der Waals surface area contributed by atoms with E-state index in [0.29, 0.717) is 37.8 Å². The molecule has 180 valence electrons. The first-order valence-corrected chi connectivity index (χ1v) is 11.1. The Bertz CT molecular complexity index is 741. The van der Waals surface area contributed by atoms with E-state index in [0.717, 1.165) is 0 Å². The maximum Gasteiger partial charge on any atom is 0.413 e. The first kappa shape index (κ1) is 25.7. The van der Waals surface area contributed by atoms with Crippen LogP contribution in [0.4, 0.5) is 4.79 Å². The van der Waals surface area contributed by atoms with Gasteiger partial charge in [-0.25, -0.2) is 4.79 Å². The van der Waals surface area contributed by atoms with E-state index >= 15 is 0 Å². The summed E-state index contributed by atoms with van der Waals surface area (Å²) in [5, 5.41) is 0. The molecule has 0 radical (unpaired) electrons. The zero-order valence-corrected chi connectivity index (χ0v) is 19.6. The molecule has 1 aromatic carbocycles. The molecule has 3 atom stereocenters. The van der Waals surface area contributed by atoms with Crippen LogP contribution in [0.3, 0.4) is 0 Å². The number of carbonyl (C=O) groups is 2. The minimum absolute atomic E-state index is 0.0844. The smallest absolute Gasteiger partial charge is 0.413 e. The molecule has 0 saturated carbocycles. The van der Waals surface area contributed by atoms with Gasteiger partial charge in [-0.05, 0) is 25.0 Å². The molecule has 1 saturated heterocycles. The zero-order valence-electron chi connectivity index (χ0n) is 19.6. The standard InChI is InChI=1S/C23H36N2O7/c1-6-28-18-9-7-8-10-19(18)30-14-17-13-25(11-12-29-17)23(27)32-22(16(4)5)31-21(26)20(24)15(2)3/h7-10,15-17,20,22H,6,11-14,24H2,1-5H3/t17-,20-,22?/m0/s1. The molecule has 0 bridgehead atoms. The van der Waals surface area contributed by atoms with Crippen molar-refractivity contribution in [2.45, 2.75) is 53.1 Å². The summed E-state index contributed by atoms with van der Waals surface area (Å²) in [5.41, 5.74) is 5.85. The Hall–Kier alpha value is -2.52. The van der Waals surface area contributed by atoms with Crippen LogP contribution in [-0.4, -0.2) is 68.3 Å². The Balaban J connectivity index is 1.91. The summed E-state index contributed by atoms with van der Waals surface area (Å²) in [5.74, 6) is 0.373. The molecule has 32 heavy (non-hydrogen) atoms. The Kier molecular flexibility index (Phi) is 10.1. The number of para-hydroxylation sites is 2. The molecule has 0 aromatic heterocycles. The molecule has 1 heterocycles. The van der Waals surface area contributed by atoms with Crippen molar-refractivity contribution in [3.8, 4) is 11.5 Å². The minimum Gasteiger partial charge on any atom is -0.490 e. The molecule has 1 aliphatic heterocycles. The van der Waals surface area contributed by atoms with Crippen LogP contribution in [0.15, 0.2) is 24.3 Å². The van der Waals surface area contributed by atoms with Crippen LogP contribution in [0.25, 0.3) is 0 Å². The monoisotopic (exact) mass is 452 g/mol. The van der Waals surface area contributed by atoms with Gasteiger partial charge in [-0.2, -0.15) is 0 Å². The fraction of sp³-hybridized carbons (Fsp3) is 0.652. The first-order chi connectivity index (χ1) is 15.2. The highest BCUT2D eigenvalue weighted by Gasteiger charge is 2.31. The number of esters is 1. The number of hydrogen-bond donors (Lipinski definition) is 1. The SMILES string of the molecule is CCOc1ccccc1OC[C@@H]1CN(C(=O)OC(OC(=O)[C@@H](N)C(C)C)C(C)C)CCO1. The van der Waals surface area contributed by atoms with Gasteiger partial charge in [0.25, 0.3) is 6.29 Å². The van der Waals surface area contributed by atoms with Gasteiger partial charge in [0.2, 0.25) is 0 Å². The highest BCUT2D eigenvalue weighted by molar-refractivity contribution is 5.76. The number of nitrogens with zero attached hydrogens (tertiary/aromatic N) is 1. The number of morpholine rings is 1. The lowest BCUT2D eigenvalue weighted by atomic mass is 10.1. The van der Waals surface area contributed by atoms with Crippen molar-refractivity contribution in [2.24, 2.45) is 17.6 Å². The fourth-order valence-corrected chi connectivity index (χ4v) is 2.95. The van der Waals surface area contributed by atoms with Crippen molar-refractivity contribution < 1.29 is 33.3 Å². The lowest BCUT2D eigenvalue weighted by Crippen LogP contribution is -2.49. The number of amides is 1. The molecule has 1 aromatic rings. The Labute approximate surface area is 190 Å². The van der Waals surface area contributed by atoms with Crippen molar-refractivity contribution in [2.75, 3.05) is 32.9 Å². The van der Waals surface area contributed by atoms with Gasteiger partial charge >= 0.3 is 12.1 Å². The third-order valence-corrected chi connectivity index (χ3v) is 4.95. The molecular weight excluding hydrogens is 416 g/mol. The van der Waals surface area contributed by atoms with Gasteiger partial charge in [0.15, 0.2) is 11.5 Å². The van der Waals surface area contributed by atoms with E-state index in [1.165, 1.54) is 4.90 Å². The van der Waals surface area contributed by atoms with E-state index in [4.69, 9.17) is 29.4 Å². The van der Waals surface area contributed by atoms with Crippen LogP contribution in [0.1, 0.15) is 34.6 Å². The second kappa shape index (κ2) is 12.5. The van der Waals surface area contributed by atoms with Gasteiger partial charge in [-0.1, -0.05) is 39.8 Å². The van der Waals surface area contributed by atoms with Crippen molar-refractivity contribution in [3.05, 3.63) is 24.3 Å². The molecule has 1 fully saturated rings. The quantitative estimate of drug-likeness (QED) is 0.426. The molecule has 9 heteroatoms. The largest absolute Gasteiger partial charge is 0.490 e. The lowest BCUT2D eigenvalue weighted by molar-refractivity contribution is -0.180. The zero-order chi connectivity index (χ0) is 23.7. The predicted molar refractivity (Wildman–Crippen MR) is 118 cm³/mol. The van der Waals surface area contributed by atoms with E-state index in [-0.39, 0.29) is 24.5 Å². The molecule has 9 nitrogen and oxygen atoms in total. The number of carbonyl (C=O) groups excluding carboxylic acids is 2. The maximum absolute atomic E-state index is 12.7. The second-order valence-electron chi connectivity index (χ2n) is 8.33. The first-order valence-electron chi connectivity index (χ1n) is 11.1. The fourth-order valence-electron chi connectivity index (χ4n) is 2.95. The molecule has 2 N–H and O–H groups in total. The highest BCUT2D eigenvalue weighted by Crippen LogP contribution is 2.27. The highest BCUT2D eigenvalue weighted by atomic mass is 16.7. The lowest BCUT2D eigenvalue weighted by Gasteiger charge is -2.33. The Morgan fingerprint density at radius 2 is 1.75 bits per heavy atom. The summed E-state index contributed by atoms with van der Waals surface area (Å²) < 4.78 is 28.0. The van der Waals surface area contributed by atoms with Gasteiger partial charge in [0.1, 0.15) is 18.8 Å². The summed E-state index contributed by atoms with van der Waals surface area (Å²) in [7, 11) is 0. The number of ether oxygens (including phenoxy) is 5. The number of nitrogens with two attached hydrogens (primary N) is 1. The average Bonchev–Trinajstić information content (AvgIpc) is 2.77. The summed E-state index contributed by atoms with van der Waals surface area (Å²) in [6.07, 6.45) is -1.92. The van der Waals surface area contributed by atoms with Crippen molar-refractivity contribution in [3.63, 3.8) is 0 Å². The van der Waals surface area contributed by atoms with Crippen molar-refractivity contribution in [1.29, 1.82) is 0 Å². The van der Waals surface area contributed by atoms with Crippen LogP contribution < -0.4 is 15.2 Å². The topological polar surface area (TPSA) is 110 Å². The van der Waals surface area contributed by atoms with Crippen LogP contribution in [-0.2, 0) is 19.0 Å². The van der Waals surface area contributed by atoms with Crippen LogP contribution >= 0.6 is 0 Å². The minimum atomic E-state index is -1.02. The van der Waals surface area contributed by atoms with E-state index in [1.54, 1.807) is 13.8 Å². The number of hydrogen-bond acceptors (Lipinski definition) is 8. The van der Waals surface area contributed by atoms with Gasteiger partial charge in [-0.15, -0.1) is 0 Å².